The third kappa shape index (κ3) is 4.08. The summed E-state index contributed by atoms with van der Waals surface area (Å²) in [5.74, 6) is 1.98. The van der Waals surface area contributed by atoms with Gasteiger partial charge in [0, 0.05) is 55.5 Å². The van der Waals surface area contributed by atoms with Crippen molar-refractivity contribution in [1.29, 1.82) is 5.26 Å². The van der Waals surface area contributed by atoms with Crippen molar-refractivity contribution in [3.63, 3.8) is 0 Å². The molecular formula is C23H25N7. The van der Waals surface area contributed by atoms with Crippen LogP contribution in [0.2, 0.25) is 0 Å². The molecule has 152 valence electrons. The second-order valence-corrected chi connectivity index (χ2v) is 7.91. The zero-order valence-corrected chi connectivity index (χ0v) is 17.6. The molecule has 0 amide bonds. The topological polar surface area (TPSA) is 90.6 Å². The highest BCUT2D eigenvalue weighted by atomic mass is 15.2. The number of aryl methyl sites for hydroxylation is 1. The number of nitriles is 1. The number of rotatable bonds is 5. The fraction of sp³-hybridized carbons (Fsp3) is 0.348. The maximum atomic E-state index is 9.56. The molecule has 0 spiro atoms. The Labute approximate surface area is 176 Å². The van der Waals surface area contributed by atoms with Gasteiger partial charge in [0.25, 0.3) is 0 Å². The first-order chi connectivity index (χ1) is 14.5. The molecule has 30 heavy (non-hydrogen) atoms. The van der Waals surface area contributed by atoms with Gasteiger partial charge in [-0.15, -0.1) is 0 Å². The molecule has 7 nitrogen and oxygen atoms in total. The number of hydrogen-bond acceptors (Lipinski definition) is 7. The highest BCUT2D eigenvalue weighted by Crippen LogP contribution is 2.29. The summed E-state index contributed by atoms with van der Waals surface area (Å²) < 4.78 is 0. The van der Waals surface area contributed by atoms with Crippen LogP contribution in [0.4, 0.5) is 11.5 Å². The summed E-state index contributed by atoms with van der Waals surface area (Å²) in [6.45, 7) is 8.25. The lowest BCUT2D eigenvalue weighted by atomic mass is 10.0. The SMILES string of the molecule is Cc1ccc(N2CCc3ncnc(NCc4cnc(C(C)C)nc4)c3C2)c(C#N)c1. The molecule has 0 saturated carbocycles. The van der Waals surface area contributed by atoms with Gasteiger partial charge in [-0.25, -0.2) is 19.9 Å². The maximum Gasteiger partial charge on any atom is 0.134 e. The normalized spacial score (nSPS) is 13.1. The molecule has 1 aromatic carbocycles. The molecule has 1 N–H and O–H groups in total. The van der Waals surface area contributed by atoms with Gasteiger partial charge in [-0.05, 0) is 24.6 Å². The molecule has 1 aliphatic rings. The van der Waals surface area contributed by atoms with Gasteiger partial charge >= 0.3 is 0 Å². The second kappa shape index (κ2) is 8.46. The summed E-state index contributed by atoms with van der Waals surface area (Å²) in [6.07, 6.45) is 6.15. The fourth-order valence-corrected chi connectivity index (χ4v) is 3.65. The van der Waals surface area contributed by atoms with Crippen molar-refractivity contribution < 1.29 is 0 Å². The Balaban J connectivity index is 1.54. The lowest BCUT2D eigenvalue weighted by Gasteiger charge is -2.31. The molecular weight excluding hydrogens is 374 g/mol. The third-order valence-electron chi connectivity index (χ3n) is 5.32. The van der Waals surface area contributed by atoms with Crippen molar-refractivity contribution in [2.75, 3.05) is 16.8 Å². The fourth-order valence-electron chi connectivity index (χ4n) is 3.65. The van der Waals surface area contributed by atoms with E-state index in [4.69, 9.17) is 0 Å². The van der Waals surface area contributed by atoms with E-state index in [1.165, 1.54) is 0 Å². The van der Waals surface area contributed by atoms with Crippen molar-refractivity contribution in [1.82, 2.24) is 19.9 Å². The van der Waals surface area contributed by atoms with Crippen LogP contribution in [0.5, 0.6) is 0 Å². The second-order valence-electron chi connectivity index (χ2n) is 7.91. The summed E-state index contributed by atoms with van der Waals surface area (Å²) in [4.78, 5) is 20.1. The number of benzene rings is 1. The number of nitrogens with zero attached hydrogens (tertiary/aromatic N) is 6. The predicted molar refractivity (Wildman–Crippen MR) is 116 cm³/mol. The van der Waals surface area contributed by atoms with E-state index in [1.807, 2.05) is 37.5 Å². The zero-order valence-electron chi connectivity index (χ0n) is 17.6. The van der Waals surface area contributed by atoms with E-state index in [2.05, 4.69) is 50.1 Å². The van der Waals surface area contributed by atoms with Gasteiger partial charge in [0.2, 0.25) is 0 Å². The molecule has 0 bridgehead atoms. The lowest BCUT2D eigenvalue weighted by molar-refractivity contribution is 0.705. The molecule has 0 aliphatic carbocycles. The molecule has 4 rings (SSSR count). The smallest absolute Gasteiger partial charge is 0.134 e. The molecule has 0 atom stereocenters. The van der Waals surface area contributed by atoms with E-state index in [0.29, 0.717) is 24.6 Å². The quantitative estimate of drug-likeness (QED) is 0.699. The predicted octanol–water partition coefficient (Wildman–Crippen LogP) is 3.74. The summed E-state index contributed by atoms with van der Waals surface area (Å²) in [5, 5.41) is 13.0. The molecule has 2 aromatic heterocycles. The Morgan fingerprint density at radius 2 is 1.97 bits per heavy atom. The molecule has 0 unspecified atom stereocenters. The van der Waals surface area contributed by atoms with Gasteiger partial charge in [0.1, 0.15) is 24.0 Å². The van der Waals surface area contributed by atoms with E-state index >= 15 is 0 Å². The Kier molecular flexibility index (Phi) is 5.57. The standard InChI is InChI=1S/C23H25N7/c1-15(2)22-25-10-17(11-26-22)12-27-23-19-13-30(7-6-20(19)28-14-29-23)21-5-4-16(3)8-18(21)9-24/h4-5,8,10-11,14-15H,6-7,12-13H2,1-3H3,(H,27,28,29). The summed E-state index contributed by atoms with van der Waals surface area (Å²) in [7, 11) is 0. The van der Waals surface area contributed by atoms with E-state index in [-0.39, 0.29) is 0 Å². The van der Waals surface area contributed by atoms with Crippen molar-refractivity contribution in [3.8, 4) is 6.07 Å². The first-order valence-electron chi connectivity index (χ1n) is 10.2. The average molecular weight is 400 g/mol. The number of nitrogens with one attached hydrogen (secondary N) is 1. The highest BCUT2D eigenvalue weighted by molar-refractivity contribution is 5.62. The van der Waals surface area contributed by atoms with Crippen molar-refractivity contribution in [2.24, 2.45) is 0 Å². The van der Waals surface area contributed by atoms with E-state index < -0.39 is 0 Å². The van der Waals surface area contributed by atoms with Crippen LogP contribution in [-0.4, -0.2) is 26.5 Å². The minimum atomic E-state index is 0.312. The Morgan fingerprint density at radius 3 is 2.70 bits per heavy atom. The Morgan fingerprint density at radius 1 is 1.17 bits per heavy atom. The number of hydrogen-bond donors (Lipinski definition) is 1. The van der Waals surface area contributed by atoms with Gasteiger partial charge in [-0.2, -0.15) is 5.26 Å². The first-order valence-corrected chi connectivity index (χ1v) is 10.2. The Hall–Kier alpha value is -3.53. The maximum absolute atomic E-state index is 9.56. The molecule has 3 aromatic rings. The molecule has 3 heterocycles. The summed E-state index contributed by atoms with van der Waals surface area (Å²) >= 11 is 0. The van der Waals surface area contributed by atoms with E-state index in [1.54, 1.807) is 6.33 Å². The molecule has 0 saturated heterocycles. The molecule has 0 radical (unpaired) electrons. The molecule has 0 fully saturated rings. The minimum Gasteiger partial charge on any atom is -0.366 e. The van der Waals surface area contributed by atoms with Crippen LogP contribution in [-0.2, 0) is 19.5 Å². The minimum absolute atomic E-state index is 0.312. The summed E-state index contributed by atoms with van der Waals surface area (Å²) in [5.41, 5.74) is 5.89. The highest BCUT2D eigenvalue weighted by Gasteiger charge is 2.23. The average Bonchev–Trinajstić information content (AvgIpc) is 2.77. The monoisotopic (exact) mass is 399 g/mol. The van der Waals surface area contributed by atoms with Crippen LogP contribution in [0.25, 0.3) is 0 Å². The molecule has 7 heteroatoms. The Bertz CT molecular complexity index is 1080. The van der Waals surface area contributed by atoms with Crippen LogP contribution in [0.15, 0.2) is 36.9 Å². The van der Waals surface area contributed by atoms with Crippen molar-refractivity contribution >= 4 is 11.5 Å². The van der Waals surface area contributed by atoms with Crippen LogP contribution in [0.1, 0.15) is 53.5 Å². The third-order valence-corrected chi connectivity index (χ3v) is 5.32. The van der Waals surface area contributed by atoms with Crippen LogP contribution >= 0.6 is 0 Å². The first kappa shape index (κ1) is 19.8. The van der Waals surface area contributed by atoms with Gasteiger partial charge in [-0.3, -0.25) is 0 Å². The molecule has 1 aliphatic heterocycles. The zero-order chi connectivity index (χ0) is 21.1. The number of anilines is 2. The van der Waals surface area contributed by atoms with Gasteiger partial charge in [0.05, 0.1) is 16.9 Å². The number of fused-ring (bicyclic) bond motifs is 1. The lowest BCUT2D eigenvalue weighted by Crippen LogP contribution is -2.32. The van der Waals surface area contributed by atoms with Crippen molar-refractivity contribution in [3.05, 3.63) is 70.7 Å². The van der Waals surface area contributed by atoms with Gasteiger partial charge < -0.3 is 10.2 Å². The van der Waals surface area contributed by atoms with Crippen LogP contribution in [0, 0.1) is 18.3 Å². The van der Waals surface area contributed by atoms with Crippen molar-refractivity contribution in [2.45, 2.75) is 46.2 Å². The van der Waals surface area contributed by atoms with Gasteiger partial charge in [-0.1, -0.05) is 19.9 Å². The van der Waals surface area contributed by atoms with Gasteiger partial charge in [0.15, 0.2) is 0 Å². The van der Waals surface area contributed by atoms with E-state index in [0.717, 1.165) is 52.7 Å². The number of aromatic nitrogens is 4. The largest absolute Gasteiger partial charge is 0.366 e. The van der Waals surface area contributed by atoms with E-state index in [9.17, 15) is 5.26 Å². The van der Waals surface area contributed by atoms with Crippen LogP contribution < -0.4 is 10.2 Å². The van der Waals surface area contributed by atoms with Crippen LogP contribution in [0.3, 0.4) is 0 Å². The summed E-state index contributed by atoms with van der Waals surface area (Å²) in [6, 6.07) is 8.35.